The third-order valence-electron chi connectivity index (χ3n) is 3.38. The minimum absolute atomic E-state index is 0.679. The molecule has 1 aliphatic carbocycles. The van der Waals surface area contributed by atoms with Crippen LogP contribution >= 0.6 is 0 Å². The lowest BCUT2D eigenvalue weighted by Gasteiger charge is -2.17. The van der Waals surface area contributed by atoms with E-state index in [1.807, 2.05) is 0 Å². The van der Waals surface area contributed by atoms with Gasteiger partial charge in [0.25, 0.3) is 0 Å². The second-order valence-electron chi connectivity index (χ2n) is 4.69. The van der Waals surface area contributed by atoms with Crippen molar-refractivity contribution in [3.8, 4) is 0 Å². The van der Waals surface area contributed by atoms with E-state index >= 15 is 0 Å². The van der Waals surface area contributed by atoms with E-state index in [2.05, 4.69) is 27.4 Å². The van der Waals surface area contributed by atoms with E-state index in [-0.39, 0.29) is 0 Å². The molecule has 0 aromatic heterocycles. The number of allylic oxidation sites excluding steroid dienone is 1. The summed E-state index contributed by atoms with van der Waals surface area (Å²) < 4.78 is 0. The Balaban J connectivity index is 2.35. The predicted octanol–water partition coefficient (Wildman–Crippen LogP) is 3.20. The van der Waals surface area contributed by atoms with Crippen LogP contribution in [-0.4, -0.2) is 7.28 Å². The normalized spacial score (nSPS) is 29.3. The van der Waals surface area contributed by atoms with Gasteiger partial charge < -0.3 is 0 Å². The van der Waals surface area contributed by atoms with Gasteiger partial charge in [-0.15, -0.1) is 12.1 Å². The number of hydrogen-bond donors (Lipinski definition) is 0. The van der Waals surface area contributed by atoms with Gasteiger partial charge in [-0.2, -0.15) is 0 Å². The molecule has 1 heteroatoms. The van der Waals surface area contributed by atoms with E-state index < -0.39 is 0 Å². The first kappa shape index (κ1) is 9.89. The lowest BCUT2D eigenvalue weighted by molar-refractivity contribution is 0.605. The zero-order chi connectivity index (χ0) is 9.14. The summed E-state index contributed by atoms with van der Waals surface area (Å²) in [6.07, 6.45) is 4.32. The van der Waals surface area contributed by atoms with Crippen molar-refractivity contribution in [3.63, 3.8) is 0 Å². The molecule has 0 bridgehead atoms. The summed E-state index contributed by atoms with van der Waals surface area (Å²) in [5, 5.41) is 0. The van der Waals surface area contributed by atoms with Crippen LogP contribution in [0.1, 0.15) is 40.0 Å². The quantitative estimate of drug-likeness (QED) is 0.562. The highest BCUT2D eigenvalue weighted by molar-refractivity contribution is 6.47. The third kappa shape index (κ3) is 2.40. The van der Waals surface area contributed by atoms with Gasteiger partial charge in [-0.1, -0.05) is 45.9 Å². The average molecular weight is 164 g/mol. The Morgan fingerprint density at radius 2 is 2.08 bits per heavy atom. The fraction of sp³-hybridized carbons (Fsp3) is 0.818. The van der Waals surface area contributed by atoms with Crippen molar-refractivity contribution >= 4 is 7.28 Å². The molecule has 0 heterocycles. The smallest absolute Gasteiger partial charge is 0.110 e. The molecule has 0 nitrogen and oxygen atoms in total. The second kappa shape index (κ2) is 4.16. The zero-order valence-electron chi connectivity index (χ0n) is 8.77. The lowest BCUT2D eigenvalue weighted by atomic mass is 9.53. The van der Waals surface area contributed by atoms with Crippen molar-refractivity contribution in [2.45, 2.75) is 45.9 Å². The van der Waals surface area contributed by atoms with Crippen LogP contribution in [0.3, 0.4) is 0 Å². The Labute approximate surface area is 77.7 Å². The largest absolute Gasteiger partial charge is 0.155 e. The van der Waals surface area contributed by atoms with Crippen LogP contribution in [0.4, 0.5) is 0 Å². The van der Waals surface area contributed by atoms with Gasteiger partial charge in [0.2, 0.25) is 0 Å². The van der Waals surface area contributed by atoms with Crippen LogP contribution < -0.4 is 0 Å². The third-order valence-corrected chi connectivity index (χ3v) is 3.38. The first-order valence-electron chi connectivity index (χ1n) is 5.29. The van der Waals surface area contributed by atoms with Crippen LogP contribution in [-0.2, 0) is 0 Å². The van der Waals surface area contributed by atoms with Crippen molar-refractivity contribution in [1.82, 2.24) is 0 Å². The molecular weight excluding hydrogens is 143 g/mol. The topological polar surface area (TPSA) is 0 Å². The van der Waals surface area contributed by atoms with Crippen LogP contribution in [0.25, 0.3) is 0 Å². The van der Waals surface area contributed by atoms with Gasteiger partial charge in [0, 0.05) is 0 Å². The molecule has 0 aromatic rings. The molecule has 12 heavy (non-hydrogen) atoms. The maximum Gasteiger partial charge on any atom is 0.155 e. The maximum absolute atomic E-state index is 4.15. The van der Waals surface area contributed by atoms with Crippen molar-refractivity contribution in [2.24, 2.45) is 11.8 Å². The summed E-state index contributed by atoms with van der Waals surface area (Å²) in [6.45, 7) is 11.1. The van der Waals surface area contributed by atoms with Gasteiger partial charge in [-0.05, 0) is 11.8 Å². The summed E-state index contributed by atoms with van der Waals surface area (Å²) in [6, 6.07) is 0. The Hall–Kier alpha value is -0.195. The molecule has 1 fully saturated rings. The molecule has 1 aliphatic rings. The minimum atomic E-state index is 0.679. The molecule has 0 aromatic carbocycles. The molecule has 0 spiro atoms. The molecule has 0 aliphatic heterocycles. The van der Waals surface area contributed by atoms with Crippen LogP contribution in [0.5, 0.6) is 0 Å². The van der Waals surface area contributed by atoms with E-state index in [1.54, 1.807) is 0 Å². The Bertz CT molecular complexity index is 160. The molecule has 0 saturated heterocycles. The second-order valence-corrected chi connectivity index (χ2v) is 4.69. The molecule has 1 rings (SSSR count). The number of hydrogen-bond acceptors (Lipinski definition) is 0. The minimum Gasteiger partial charge on any atom is -0.110 e. The van der Waals surface area contributed by atoms with Crippen LogP contribution in [0.2, 0.25) is 5.82 Å². The molecule has 2 unspecified atom stereocenters. The van der Waals surface area contributed by atoms with Gasteiger partial charge in [-0.25, -0.2) is 0 Å². The Kier molecular flexibility index (Phi) is 3.43. The summed E-state index contributed by atoms with van der Waals surface area (Å²) in [5.74, 6) is 2.57. The van der Waals surface area contributed by atoms with Crippen molar-refractivity contribution < 1.29 is 0 Å². The summed E-state index contributed by atoms with van der Waals surface area (Å²) in [4.78, 5) is 0. The van der Waals surface area contributed by atoms with Gasteiger partial charge >= 0.3 is 0 Å². The average Bonchev–Trinajstić information content (AvgIpc) is 2.36. The van der Waals surface area contributed by atoms with Crippen molar-refractivity contribution in [1.29, 1.82) is 0 Å². The predicted molar refractivity (Wildman–Crippen MR) is 57.9 cm³/mol. The Morgan fingerprint density at radius 1 is 1.42 bits per heavy atom. The highest BCUT2D eigenvalue weighted by atomic mass is 14.2. The molecule has 68 valence electrons. The molecular formula is C11H21B. The van der Waals surface area contributed by atoms with Gasteiger partial charge in [-0.3, -0.25) is 0 Å². The van der Waals surface area contributed by atoms with E-state index in [1.165, 1.54) is 32.0 Å². The number of rotatable bonds is 3. The summed E-state index contributed by atoms with van der Waals surface area (Å²) in [7, 11) is 1.28. The van der Waals surface area contributed by atoms with Crippen LogP contribution in [0, 0.1) is 11.8 Å². The zero-order valence-corrected chi connectivity index (χ0v) is 8.77. The SMILES string of the molecule is C=C(BC1CCCC1C)C(C)C. The molecule has 0 radical (unpaired) electrons. The first-order chi connectivity index (χ1) is 5.61. The van der Waals surface area contributed by atoms with Gasteiger partial charge in [0.1, 0.15) is 0 Å². The monoisotopic (exact) mass is 164 g/mol. The highest BCUT2D eigenvalue weighted by Gasteiger charge is 2.24. The van der Waals surface area contributed by atoms with Gasteiger partial charge in [0.05, 0.1) is 0 Å². The molecule has 2 atom stereocenters. The van der Waals surface area contributed by atoms with E-state index in [9.17, 15) is 0 Å². The maximum atomic E-state index is 4.15. The molecule has 0 N–H and O–H groups in total. The molecule has 1 saturated carbocycles. The highest BCUT2D eigenvalue weighted by Crippen LogP contribution is 2.36. The van der Waals surface area contributed by atoms with Crippen molar-refractivity contribution in [3.05, 3.63) is 12.1 Å². The van der Waals surface area contributed by atoms with E-state index in [4.69, 9.17) is 0 Å². The van der Waals surface area contributed by atoms with Crippen molar-refractivity contribution in [2.75, 3.05) is 0 Å². The Morgan fingerprint density at radius 3 is 2.50 bits per heavy atom. The fourth-order valence-electron chi connectivity index (χ4n) is 2.10. The first-order valence-corrected chi connectivity index (χ1v) is 5.29. The van der Waals surface area contributed by atoms with Gasteiger partial charge in [0.15, 0.2) is 7.28 Å². The lowest BCUT2D eigenvalue weighted by Crippen LogP contribution is -2.12. The summed E-state index contributed by atoms with van der Waals surface area (Å²) >= 11 is 0. The van der Waals surface area contributed by atoms with E-state index in [0.717, 1.165) is 11.7 Å². The van der Waals surface area contributed by atoms with Crippen LogP contribution in [0.15, 0.2) is 12.1 Å². The standard InChI is InChI=1S/C11H21B/c1-8(2)10(4)12-11-7-5-6-9(11)3/h8-9,11-12H,4-7H2,1-3H3. The van der Waals surface area contributed by atoms with E-state index in [0.29, 0.717) is 5.92 Å². The fourth-order valence-corrected chi connectivity index (χ4v) is 2.10. The summed E-state index contributed by atoms with van der Waals surface area (Å²) in [5.41, 5.74) is 1.45. The molecule has 0 amide bonds.